The molecule has 1 saturated heterocycles. The van der Waals surface area contributed by atoms with Gasteiger partial charge in [-0.25, -0.2) is 4.79 Å². The molecular formula is C23H27N3O4S. The highest BCUT2D eigenvalue weighted by atomic mass is 32.1. The lowest BCUT2D eigenvalue weighted by molar-refractivity contribution is -0.150. The van der Waals surface area contributed by atoms with Crippen molar-refractivity contribution in [3.63, 3.8) is 0 Å². The lowest BCUT2D eigenvalue weighted by Crippen LogP contribution is -2.46. The number of nitrogens with zero attached hydrogens (tertiary/aromatic N) is 2. The molecule has 0 saturated carbocycles. The van der Waals surface area contributed by atoms with Crippen LogP contribution in [0.5, 0.6) is 0 Å². The summed E-state index contributed by atoms with van der Waals surface area (Å²) in [4.78, 5) is 45.3. The molecule has 1 aromatic carbocycles. The number of rotatable bonds is 6. The van der Waals surface area contributed by atoms with E-state index < -0.39 is 5.69 Å². The third-order valence-corrected chi connectivity index (χ3v) is 7.07. The molecule has 0 radical (unpaired) electrons. The zero-order valence-electron chi connectivity index (χ0n) is 17.8. The number of hydrogen-bond donors (Lipinski definition) is 1. The molecular weight excluding hydrogens is 414 g/mol. The molecule has 0 bridgehead atoms. The number of aromatic nitrogens is 2. The first kappa shape index (κ1) is 21.5. The number of hydrogen-bond acceptors (Lipinski definition) is 6. The molecule has 31 heavy (non-hydrogen) atoms. The average Bonchev–Trinajstić information content (AvgIpc) is 3.19. The van der Waals surface area contributed by atoms with Crippen molar-refractivity contribution in [2.75, 3.05) is 26.2 Å². The van der Waals surface area contributed by atoms with Crippen LogP contribution in [0.3, 0.4) is 0 Å². The molecule has 2 aromatic heterocycles. The van der Waals surface area contributed by atoms with Gasteiger partial charge in [-0.3, -0.25) is 14.2 Å². The first-order valence-electron chi connectivity index (χ1n) is 10.6. The number of likely N-dealkylation sites (tertiary alicyclic amines) is 1. The Morgan fingerprint density at radius 3 is 2.74 bits per heavy atom. The molecule has 1 fully saturated rings. The maximum Gasteiger partial charge on any atom is 0.328 e. The highest BCUT2D eigenvalue weighted by molar-refractivity contribution is 7.12. The minimum Gasteiger partial charge on any atom is -0.466 e. The fourth-order valence-electron chi connectivity index (χ4n) is 4.35. The summed E-state index contributed by atoms with van der Waals surface area (Å²) >= 11 is 1.73. The third kappa shape index (κ3) is 4.50. The van der Waals surface area contributed by atoms with Crippen molar-refractivity contribution in [1.29, 1.82) is 0 Å². The van der Waals surface area contributed by atoms with E-state index in [1.165, 1.54) is 14.3 Å². The molecule has 3 heterocycles. The average molecular weight is 442 g/mol. The number of fused-ring (bicyclic) bond motifs is 1. The Morgan fingerprint density at radius 1 is 1.19 bits per heavy atom. The molecule has 7 nitrogen and oxygen atoms in total. The van der Waals surface area contributed by atoms with Crippen molar-refractivity contribution in [2.45, 2.75) is 32.7 Å². The number of esters is 1. The normalized spacial score (nSPS) is 19.5. The molecule has 8 heteroatoms. The van der Waals surface area contributed by atoms with E-state index in [9.17, 15) is 14.4 Å². The van der Waals surface area contributed by atoms with Gasteiger partial charge >= 0.3 is 11.7 Å². The second-order valence-electron chi connectivity index (χ2n) is 7.94. The predicted molar refractivity (Wildman–Crippen MR) is 122 cm³/mol. The zero-order chi connectivity index (χ0) is 22.0. The number of piperidine rings is 1. The summed E-state index contributed by atoms with van der Waals surface area (Å²) in [5.41, 5.74) is -0.150. The molecule has 164 valence electrons. The highest BCUT2D eigenvalue weighted by Gasteiger charge is 2.36. The fourth-order valence-corrected chi connectivity index (χ4v) is 5.42. The maximum atomic E-state index is 12.8. The Kier molecular flexibility index (Phi) is 6.38. The summed E-state index contributed by atoms with van der Waals surface area (Å²) in [7, 11) is 0. The first-order chi connectivity index (χ1) is 15.0. The molecule has 0 amide bonds. The quantitative estimate of drug-likeness (QED) is 0.595. The Labute approximate surface area is 184 Å². The van der Waals surface area contributed by atoms with E-state index in [1.54, 1.807) is 35.6 Å². The topological polar surface area (TPSA) is 84.4 Å². The van der Waals surface area contributed by atoms with Crippen molar-refractivity contribution in [3.05, 3.63) is 67.0 Å². The molecule has 2 atom stereocenters. The molecule has 0 aliphatic carbocycles. The van der Waals surface area contributed by atoms with Gasteiger partial charge in [0.2, 0.25) is 0 Å². The SMILES string of the molecule is CCOC(=O)[C@@H]1CN(CCn2c(=O)[nH]c3ccccc3c2=O)CC[C@@H]1c1ccc(C)s1. The number of thiophene rings is 1. The summed E-state index contributed by atoms with van der Waals surface area (Å²) in [5.74, 6) is -0.289. The van der Waals surface area contributed by atoms with Crippen molar-refractivity contribution in [2.24, 2.45) is 5.92 Å². The monoisotopic (exact) mass is 441 g/mol. The van der Waals surface area contributed by atoms with Crippen LogP contribution in [-0.4, -0.2) is 46.7 Å². The van der Waals surface area contributed by atoms with Crippen molar-refractivity contribution in [3.8, 4) is 0 Å². The Balaban J connectivity index is 1.51. The predicted octanol–water partition coefficient (Wildman–Crippen LogP) is 2.73. The van der Waals surface area contributed by atoms with Gasteiger partial charge in [-0.2, -0.15) is 0 Å². The van der Waals surface area contributed by atoms with Crippen LogP contribution < -0.4 is 11.2 Å². The number of para-hydroxylation sites is 1. The van der Waals surface area contributed by atoms with Crippen LogP contribution in [0.25, 0.3) is 10.9 Å². The Bertz CT molecular complexity index is 1200. The molecule has 4 rings (SSSR count). The van der Waals surface area contributed by atoms with E-state index in [0.29, 0.717) is 30.6 Å². The third-order valence-electron chi connectivity index (χ3n) is 5.94. The lowest BCUT2D eigenvalue weighted by Gasteiger charge is -2.37. The van der Waals surface area contributed by atoms with Crippen LogP contribution in [0.2, 0.25) is 0 Å². The lowest BCUT2D eigenvalue weighted by atomic mass is 9.84. The Hall–Kier alpha value is -2.71. The molecule has 1 aliphatic rings. The van der Waals surface area contributed by atoms with Gasteiger partial charge in [0, 0.05) is 35.3 Å². The van der Waals surface area contributed by atoms with E-state index in [4.69, 9.17) is 4.74 Å². The van der Waals surface area contributed by atoms with Crippen LogP contribution in [0, 0.1) is 12.8 Å². The smallest absolute Gasteiger partial charge is 0.328 e. The summed E-state index contributed by atoms with van der Waals surface area (Å²) in [6.07, 6.45) is 0.840. The van der Waals surface area contributed by atoms with Crippen molar-refractivity contribution < 1.29 is 9.53 Å². The number of H-pyrrole nitrogens is 1. The van der Waals surface area contributed by atoms with Crippen LogP contribution in [0.4, 0.5) is 0 Å². The summed E-state index contributed by atoms with van der Waals surface area (Å²) in [5, 5.41) is 0.498. The van der Waals surface area contributed by atoms with Crippen molar-refractivity contribution >= 4 is 28.2 Å². The fraction of sp³-hybridized carbons (Fsp3) is 0.435. The maximum absolute atomic E-state index is 12.8. The summed E-state index contributed by atoms with van der Waals surface area (Å²) < 4.78 is 6.61. The first-order valence-corrected chi connectivity index (χ1v) is 11.5. The van der Waals surface area contributed by atoms with Gasteiger partial charge in [0.05, 0.1) is 23.4 Å². The second kappa shape index (κ2) is 9.20. The van der Waals surface area contributed by atoms with Gasteiger partial charge in [0.15, 0.2) is 0 Å². The zero-order valence-corrected chi connectivity index (χ0v) is 18.6. The standard InChI is InChI=1S/C23H27N3O4S/c1-3-30-22(28)18-14-25(11-10-16(18)20-9-8-15(2)31-20)12-13-26-21(27)17-6-4-5-7-19(17)24-23(26)29/h4-9,16,18H,3,10-14H2,1-2H3,(H,24,29)/t16-,18+/m0/s1. The number of ether oxygens (including phenoxy) is 1. The van der Waals surface area contributed by atoms with Gasteiger partial charge < -0.3 is 14.6 Å². The van der Waals surface area contributed by atoms with Gasteiger partial charge in [-0.15, -0.1) is 11.3 Å². The van der Waals surface area contributed by atoms with Gasteiger partial charge in [-0.1, -0.05) is 12.1 Å². The minimum absolute atomic E-state index is 0.140. The van der Waals surface area contributed by atoms with Gasteiger partial charge in [-0.05, 0) is 51.1 Å². The largest absolute Gasteiger partial charge is 0.466 e. The minimum atomic E-state index is -0.408. The number of nitrogens with one attached hydrogen (secondary N) is 1. The second-order valence-corrected chi connectivity index (χ2v) is 9.25. The van der Waals surface area contributed by atoms with Gasteiger partial charge in [0.25, 0.3) is 5.56 Å². The Morgan fingerprint density at radius 2 is 2.00 bits per heavy atom. The number of aromatic amines is 1. The van der Waals surface area contributed by atoms with E-state index >= 15 is 0 Å². The molecule has 1 N–H and O–H groups in total. The molecule has 1 aliphatic heterocycles. The van der Waals surface area contributed by atoms with Crippen LogP contribution in [0.1, 0.15) is 29.0 Å². The van der Waals surface area contributed by atoms with E-state index in [-0.39, 0.29) is 29.9 Å². The number of benzene rings is 1. The van der Waals surface area contributed by atoms with E-state index in [1.807, 2.05) is 6.92 Å². The molecule has 0 unspecified atom stereocenters. The summed E-state index contributed by atoms with van der Waals surface area (Å²) in [6.45, 7) is 6.40. The number of carbonyl (C=O) groups excluding carboxylic acids is 1. The number of carbonyl (C=O) groups is 1. The highest BCUT2D eigenvalue weighted by Crippen LogP contribution is 2.37. The number of aryl methyl sites for hydroxylation is 1. The van der Waals surface area contributed by atoms with Crippen LogP contribution in [0.15, 0.2) is 46.0 Å². The van der Waals surface area contributed by atoms with Gasteiger partial charge in [0.1, 0.15) is 0 Å². The molecule has 3 aromatic rings. The van der Waals surface area contributed by atoms with E-state index in [0.717, 1.165) is 13.0 Å². The van der Waals surface area contributed by atoms with E-state index in [2.05, 4.69) is 28.9 Å². The van der Waals surface area contributed by atoms with Crippen LogP contribution in [-0.2, 0) is 16.1 Å². The molecule has 0 spiro atoms. The van der Waals surface area contributed by atoms with Crippen LogP contribution >= 0.6 is 11.3 Å². The summed E-state index contributed by atoms with van der Waals surface area (Å²) in [6, 6.07) is 11.2. The van der Waals surface area contributed by atoms with Crippen molar-refractivity contribution in [1.82, 2.24) is 14.5 Å².